The molecule has 3 atom stereocenters. The van der Waals surface area contributed by atoms with Gasteiger partial charge in [-0.2, -0.15) is 5.26 Å². The van der Waals surface area contributed by atoms with Crippen molar-refractivity contribution in [3.05, 3.63) is 95.1 Å². The van der Waals surface area contributed by atoms with Gasteiger partial charge in [-0.05, 0) is 42.0 Å². The first-order valence-corrected chi connectivity index (χ1v) is 13.2. The van der Waals surface area contributed by atoms with Gasteiger partial charge in [0.1, 0.15) is 5.92 Å². The Labute approximate surface area is 235 Å². The number of Topliss-reactive ketones (excluding diaryl/α,β-unsaturated/α-hetero) is 2. The number of ketones is 2. The van der Waals surface area contributed by atoms with Gasteiger partial charge in [0.2, 0.25) is 23.1 Å². The molecule has 2 aliphatic heterocycles. The summed E-state index contributed by atoms with van der Waals surface area (Å²) in [5, 5.41) is 22.7. The molecule has 0 bridgehead atoms. The lowest BCUT2D eigenvalue weighted by atomic mass is 9.75. The van der Waals surface area contributed by atoms with Gasteiger partial charge in [0.05, 0.1) is 36.9 Å². The molecule has 0 aromatic heterocycles. The van der Waals surface area contributed by atoms with Crippen LogP contribution in [0.2, 0.25) is 0 Å². The molecule has 2 N–H and O–H groups in total. The summed E-state index contributed by atoms with van der Waals surface area (Å²) in [5.41, 5.74) is -0.403. The molecule has 1 amide bonds. The molecule has 3 aliphatic rings. The van der Waals surface area contributed by atoms with Crippen LogP contribution in [0.3, 0.4) is 0 Å². The van der Waals surface area contributed by atoms with Gasteiger partial charge in [-0.15, -0.1) is 0 Å². The number of hydrogen-bond donors (Lipinski definition) is 2. The summed E-state index contributed by atoms with van der Waals surface area (Å²) < 4.78 is 11.6. The third kappa shape index (κ3) is 4.27. The third-order valence-corrected chi connectivity index (χ3v) is 7.95. The van der Waals surface area contributed by atoms with Gasteiger partial charge in [0, 0.05) is 35.6 Å². The number of anilines is 2. The second-order valence-electron chi connectivity index (χ2n) is 10.2. The fourth-order valence-corrected chi connectivity index (χ4v) is 6.03. The summed E-state index contributed by atoms with van der Waals surface area (Å²) >= 11 is 0. The van der Waals surface area contributed by atoms with E-state index in [1.165, 1.54) is 18.2 Å². The topological polar surface area (TPSA) is 146 Å². The Hall–Kier alpha value is -4.85. The van der Waals surface area contributed by atoms with Crippen LogP contribution in [0, 0.1) is 23.2 Å². The molecule has 0 radical (unpaired) electrons. The number of rotatable bonds is 5. The zero-order valence-corrected chi connectivity index (χ0v) is 21.8. The number of nitrogens with one attached hydrogen (secondary N) is 1. The van der Waals surface area contributed by atoms with Crippen molar-refractivity contribution >= 4 is 34.8 Å². The van der Waals surface area contributed by atoms with Crippen molar-refractivity contribution in [3.8, 4) is 6.07 Å². The molecule has 2 fully saturated rings. The van der Waals surface area contributed by atoms with Crippen molar-refractivity contribution in [2.24, 2.45) is 11.8 Å². The summed E-state index contributed by atoms with van der Waals surface area (Å²) in [6, 6.07) is 21.3. The van der Waals surface area contributed by atoms with Crippen LogP contribution in [0.4, 0.5) is 11.4 Å². The number of benzene rings is 3. The molecule has 10 heteroatoms. The van der Waals surface area contributed by atoms with Crippen LogP contribution in [0.25, 0.3) is 0 Å². The van der Waals surface area contributed by atoms with Gasteiger partial charge in [-0.25, -0.2) is 0 Å². The monoisotopic (exact) mass is 551 g/mol. The number of aliphatic carboxylic acids is 1. The average Bonchev–Trinajstić information content (AvgIpc) is 3.48. The summed E-state index contributed by atoms with van der Waals surface area (Å²) in [6.45, 7) is 2.71. The van der Waals surface area contributed by atoms with Crippen LogP contribution < -0.4 is 10.2 Å². The van der Waals surface area contributed by atoms with Gasteiger partial charge in [-0.1, -0.05) is 36.4 Å². The maximum atomic E-state index is 13.9. The van der Waals surface area contributed by atoms with Gasteiger partial charge in [0.15, 0.2) is 0 Å². The molecule has 1 spiro atoms. The van der Waals surface area contributed by atoms with Crippen LogP contribution in [0.1, 0.15) is 37.9 Å². The zero-order chi connectivity index (χ0) is 28.7. The highest BCUT2D eigenvalue weighted by Gasteiger charge is 2.71. The Morgan fingerprint density at radius 1 is 0.951 bits per heavy atom. The number of amides is 1. The predicted octanol–water partition coefficient (Wildman–Crippen LogP) is 3.24. The van der Waals surface area contributed by atoms with E-state index in [-0.39, 0.29) is 16.7 Å². The maximum absolute atomic E-state index is 13.9. The van der Waals surface area contributed by atoms with Crippen molar-refractivity contribution in [2.45, 2.75) is 11.7 Å². The zero-order valence-electron chi connectivity index (χ0n) is 21.8. The largest absolute Gasteiger partial charge is 0.481 e. The van der Waals surface area contributed by atoms with Crippen LogP contribution >= 0.6 is 0 Å². The second-order valence-corrected chi connectivity index (χ2v) is 10.2. The molecule has 3 unspecified atom stereocenters. The lowest BCUT2D eigenvalue weighted by Crippen LogP contribution is -2.52. The maximum Gasteiger partial charge on any atom is 0.311 e. The number of morpholine rings is 1. The fraction of sp³-hybridized carbons (Fsp3) is 0.258. The average molecular weight is 552 g/mol. The van der Waals surface area contributed by atoms with E-state index in [1.807, 2.05) is 18.2 Å². The van der Waals surface area contributed by atoms with Crippen molar-refractivity contribution in [3.63, 3.8) is 0 Å². The lowest BCUT2D eigenvalue weighted by Gasteiger charge is -2.29. The number of carboxylic acids is 1. The van der Waals surface area contributed by atoms with Crippen LogP contribution in [0.15, 0.2) is 72.8 Å². The molecule has 3 aromatic rings. The number of nitrogens with zero attached hydrogens (tertiary/aromatic N) is 2. The van der Waals surface area contributed by atoms with E-state index in [1.54, 1.807) is 42.5 Å². The van der Waals surface area contributed by atoms with Gasteiger partial charge in [-0.3, -0.25) is 19.2 Å². The number of fused-ring (bicyclic) bond motifs is 1. The van der Waals surface area contributed by atoms with E-state index in [2.05, 4.69) is 10.2 Å². The molecule has 206 valence electrons. The molecule has 2 heterocycles. The summed E-state index contributed by atoms with van der Waals surface area (Å²) in [4.78, 5) is 56.4. The Morgan fingerprint density at radius 3 is 2.22 bits per heavy atom. The number of carboxylic acid groups (broad SMARTS) is 1. The van der Waals surface area contributed by atoms with E-state index < -0.39 is 47.0 Å². The molecular weight excluding hydrogens is 526 g/mol. The van der Waals surface area contributed by atoms with Gasteiger partial charge < -0.3 is 24.8 Å². The molecule has 3 aromatic carbocycles. The predicted molar refractivity (Wildman–Crippen MR) is 146 cm³/mol. The summed E-state index contributed by atoms with van der Waals surface area (Å²) in [7, 11) is 0. The minimum Gasteiger partial charge on any atom is -0.481 e. The summed E-state index contributed by atoms with van der Waals surface area (Å²) in [6.07, 6.45) is -1.29. The minimum absolute atomic E-state index is 0.0491. The number of carbonyl (C=O) groups excluding carboxylic acids is 3. The fourth-order valence-electron chi connectivity index (χ4n) is 6.03. The third-order valence-electron chi connectivity index (χ3n) is 7.95. The van der Waals surface area contributed by atoms with Crippen LogP contribution in [-0.2, 0) is 19.1 Å². The van der Waals surface area contributed by atoms with Crippen molar-refractivity contribution < 1.29 is 33.8 Å². The van der Waals surface area contributed by atoms with E-state index in [4.69, 9.17) is 9.47 Å². The molecule has 41 heavy (non-hydrogen) atoms. The Balaban J connectivity index is 1.39. The van der Waals surface area contributed by atoms with E-state index >= 15 is 0 Å². The molecule has 2 saturated heterocycles. The quantitative estimate of drug-likeness (QED) is 0.456. The van der Waals surface area contributed by atoms with Gasteiger partial charge in [0.25, 0.3) is 0 Å². The van der Waals surface area contributed by atoms with E-state index in [0.29, 0.717) is 24.5 Å². The molecular formula is C31H25N3O7. The number of ether oxygens (including phenoxy) is 2. The molecule has 0 saturated carbocycles. The molecule has 10 nitrogen and oxygen atoms in total. The van der Waals surface area contributed by atoms with Crippen molar-refractivity contribution in [2.75, 3.05) is 36.5 Å². The highest BCUT2D eigenvalue weighted by Crippen LogP contribution is 2.54. The Bertz CT molecular complexity index is 1570. The lowest BCUT2D eigenvalue weighted by molar-refractivity contribution is -0.147. The van der Waals surface area contributed by atoms with Crippen molar-refractivity contribution in [1.29, 1.82) is 5.26 Å². The first kappa shape index (κ1) is 26.4. The first-order valence-electron chi connectivity index (χ1n) is 13.2. The molecule has 1 aliphatic carbocycles. The number of carbonyl (C=O) groups is 4. The van der Waals surface area contributed by atoms with Gasteiger partial charge >= 0.3 is 5.97 Å². The van der Waals surface area contributed by atoms with Crippen LogP contribution in [0.5, 0.6) is 0 Å². The molecule has 6 rings (SSSR count). The summed E-state index contributed by atoms with van der Waals surface area (Å²) in [5.74, 6) is -7.12. The van der Waals surface area contributed by atoms with Crippen molar-refractivity contribution in [1.82, 2.24) is 0 Å². The van der Waals surface area contributed by atoms with E-state index in [0.717, 1.165) is 18.8 Å². The smallest absolute Gasteiger partial charge is 0.311 e. The standard InChI is InChI=1S/C31H25N3O7/c32-17-18-4-3-5-19(16-18)26-24(29(37)33-20-8-10-21(11-9-20)34-12-14-40-15-13-34)25(30(38)39)31(41-26)27(35)22-6-1-2-7-23(22)28(31)36/h1-11,16,24-26H,12-15H2,(H,33,37)(H,38,39). The van der Waals surface area contributed by atoms with Crippen LogP contribution in [-0.4, -0.2) is 60.5 Å². The highest BCUT2D eigenvalue weighted by molar-refractivity contribution is 6.34. The highest BCUT2D eigenvalue weighted by atomic mass is 16.5. The number of hydrogen-bond acceptors (Lipinski definition) is 8. The Kier molecular flexibility index (Phi) is 6.61. The Morgan fingerprint density at radius 2 is 1.61 bits per heavy atom. The van der Waals surface area contributed by atoms with E-state index in [9.17, 15) is 29.5 Å². The minimum atomic E-state index is -2.43. The first-order chi connectivity index (χ1) is 19.8. The number of nitriles is 1. The second kappa shape index (κ2) is 10.3. The normalized spacial score (nSPS) is 22.8. The SMILES string of the molecule is N#Cc1cccc(C2OC3(C(=O)c4ccccc4C3=O)C(C(=O)O)C2C(=O)Nc2ccc(N3CCOCC3)cc2)c1.